The molecule has 0 fully saturated rings. The fourth-order valence-corrected chi connectivity index (χ4v) is 1.87. The Kier molecular flexibility index (Phi) is 3.52. The summed E-state index contributed by atoms with van der Waals surface area (Å²) in [5.74, 6) is 0.597. The van der Waals surface area contributed by atoms with Crippen molar-refractivity contribution in [3.8, 4) is 11.3 Å². The monoisotopic (exact) mass is 263 g/mol. The fraction of sp³-hybridized carbons (Fsp3) is 0.308. The average Bonchev–Trinajstić information content (AvgIpc) is 2.33. The lowest BCUT2D eigenvalue weighted by atomic mass is 10.1. The van der Waals surface area contributed by atoms with Crippen molar-refractivity contribution in [2.24, 2.45) is 0 Å². The molecule has 18 heavy (non-hydrogen) atoms. The summed E-state index contributed by atoms with van der Waals surface area (Å²) >= 11 is 5.22. The second kappa shape index (κ2) is 4.94. The first-order valence-corrected chi connectivity index (χ1v) is 6.12. The van der Waals surface area contributed by atoms with Crippen molar-refractivity contribution in [3.63, 3.8) is 0 Å². The minimum absolute atomic E-state index is 0.205. The van der Waals surface area contributed by atoms with Crippen molar-refractivity contribution in [2.75, 3.05) is 0 Å². The lowest BCUT2D eigenvalue weighted by Gasteiger charge is -2.12. The van der Waals surface area contributed by atoms with Crippen LogP contribution in [0.3, 0.4) is 0 Å². The largest absolute Gasteiger partial charge is 0.343 e. The number of rotatable bonds is 2. The molecule has 0 radical (unpaired) electrons. The molecule has 0 aromatic carbocycles. The average molecular weight is 263 g/mol. The van der Waals surface area contributed by atoms with Crippen molar-refractivity contribution in [1.29, 1.82) is 0 Å². The van der Waals surface area contributed by atoms with Gasteiger partial charge in [-0.3, -0.25) is 4.98 Å². The van der Waals surface area contributed by atoms with Gasteiger partial charge in [0.05, 0.1) is 11.9 Å². The highest BCUT2D eigenvalue weighted by Gasteiger charge is 2.12. The number of aromatic nitrogens is 3. The first-order chi connectivity index (χ1) is 8.50. The Labute approximate surface area is 110 Å². The van der Waals surface area contributed by atoms with Crippen LogP contribution in [0.25, 0.3) is 11.3 Å². The van der Waals surface area contributed by atoms with Gasteiger partial charge in [-0.05, 0) is 13.0 Å². The lowest BCUT2D eigenvalue weighted by molar-refractivity contribution is 0.623. The predicted octanol–water partition coefficient (Wildman–Crippen LogP) is 3.77. The zero-order valence-corrected chi connectivity index (χ0v) is 11.3. The molecule has 2 aromatic heterocycles. The molecular weight excluding hydrogens is 249 g/mol. The maximum atomic E-state index is 13.8. The Bertz CT molecular complexity index is 634. The number of aromatic amines is 1. The summed E-state index contributed by atoms with van der Waals surface area (Å²) in [5.41, 5.74) is 1.93. The Morgan fingerprint density at radius 3 is 2.72 bits per heavy atom. The zero-order valence-electron chi connectivity index (χ0n) is 10.5. The van der Waals surface area contributed by atoms with Crippen LogP contribution in [0.15, 0.2) is 18.5 Å². The maximum absolute atomic E-state index is 13.8. The molecule has 94 valence electrons. The van der Waals surface area contributed by atoms with E-state index in [0.717, 1.165) is 11.4 Å². The summed E-state index contributed by atoms with van der Waals surface area (Å²) < 4.78 is 14.3. The van der Waals surface area contributed by atoms with E-state index in [-0.39, 0.29) is 11.7 Å². The van der Waals surface area contributed by atoms with E-state index < -0.39 is 0 Å². The summed E-state index contributed by atoms with van der Waals surface area (Å²) in [6.07, 6.45) is 2.76. The number of pyridine rings is 1. The van der Waals surface area contributed by atoms with Gasteiger partial charge >= 0.3 is 0 Å². The third-order valence-electron chi connectivity index (χ3n) is 2.76. The quantitative estimate of drug-likeness (QED) is 0.838. The van der Waals surface area contributed by atoms with Crippen LogP contribution in [0.4, 0.5) is 4.39 Å². The number of nitrogens with one attached hydrogen (secondary N) is 1. The highest BCUT2D eigenvalue weighted by Crippen LogP contribution is 2.25. The van der Waals surface area contributed by atoms with E-state index in [1.165, 1.54) is 6.20 Å². The van der Waals surface area contributed by atoms with Gasteiger partial charge in [0.2, 0.25) is 0 Å². The summed E-state index contributed by atoms with van der Waals surface area (Å²) in [6.45, 7) is 5.86. The third kappa shape index (κ3) is 2.31. The molecular formula is C13H14FN3S. The zero-order chi connectivity index (χ0) is 13.3. The standard InChI is InChI=1S/C13H14FN3S/c1-7(2)12-16-11(8(3)13(18)17-12)9-4-5-15-6-10(9)14/h4-7H,1-3H3,(H,16,17,18). The predicted molar refractivity (Wildman–Crippen MR) is 71.4 cm³/mol. The maximum Gasteiger partial charge on any atom is 0.150 e. The van der Waals surface area contributed by atoms with Crippen LogP contribution in [0, 0.1) is 17.4 Å². The van der Waals surface area contributed by atoms with Crippen LogP contribution in [0.2, 0.25) is 0 Å². The van der Waals surface area contributed by atoms with Crippen LogP contribution < -0.4 is 0 Å². The van der Waals surface area contributed by atoms with Crippen LogP contribution in [0.5, 0.6) is 0 Å². The molecule has 2 rings (SSSR count). The molecule has 2 heterocycles. The summed E-state index contributed by atoms with van der Waals surface area (Å²) in [4.78, 5) is 11.2. The van der Waals surface area contributed by atoms with Gasteiger partial charge in [0.15, 0.2) is 5.82 Å². The van der Waals surface area contributed by atoms with E-state index in [4.69, 9.17) is 12.2 Å². The van der Waals surface area contributed by atoms with Gasteiger partial charge in [-0.2, -0.15) is 0 Å². The van der Waals surface area contributed by atoms with E-state index >= 15 is 0 Å². The van der Waals surface area contributed by atoms with Crippen LogP contribution in [0.1, 0.15) is 31.2 Å². The molecule has 5 heteroatoms. The summed E-state index contributed by atoms with van der Waals surface area (Å²) in [7, 11) is 0. The van der Waals surface area contributed by atoms with Crippen molar-refractivity contribution in [2.45, 2.75) is 26.7 Å². The minimum atomic E-state index is -0.368. The van der Waals surface area contributed by atoms with Gasteiger partial charge < -0.3 is 4.98 Å². The van der Waals surface area contributed by atoms with Crippen molar-refractivity contribution >= 4 is 12.2 Å². The molecule has 0 aliphatic rings. The number of halogens is 1. The van der Waals surface area contributed by atoms with E-state index in [2.05, 4.69) is 15.0 Å². The second-order valence-electron chi connectivity index (χ2n) is 4.44. The minimum Gasteiger partial charge on any atom is -0.343 e. The Balaban J connectivity index is 2.71. The van der Waals surface area contributed by atoms with Crippen molar-refractivity contribution < 1.29 is 4.39 Å². The SMILES string of the molecule is Cc1c(-c2ccncc2F)[nH]c(C(C)C)nc1=S. The lowest BCUT2D eigenvalue weighted by Crippen LogP contribution is -2.03. The van der Waals surface area contributed by atoms with Gasteiger partial charge in [-0.1, -0.05) is 26.1 Å². The Morgan fingerprint density at radius 1 is 1.39 bits per heavy atom. The molecule has 0 saturated heterocycles. The fourth-order valence-electron chi connectivity index (χ4n) is 1.67. The molecule has 0 aliphatic heterocycles. The molecule has 0 bridgehead atoms. The molecule has 0 spiro atoms. The number of hydrogen-bond acceptors (Lipinski definition) is 3. The van der Waals surface area contributed by atoms with Crippen molar-refractivity contribution in [1.82, 2.24) is 15.0 Å². The molecule has 0 saturated carbocycles. The molecule has 2 aromatic rings. The van der Waals surface area contributed by atoms with Gasteiger partial charge in [0, 0.05) is 23.2 Å². The van der Waals surface area contributed by atoms with Gasteiger partial charge in [0.25, 0.3) is 0 Å². The third-order valence-corrected chi connectivity index (χ3v) is 3.16. The number of H-pyrrole nitrogens is 1. The summed E-state index contributed by atoms with van der Waals surface area (Å²) in [5, 5.41) is 0. The van der Waals surface area contributed by atoms with Crippen molar-refractivity contribution in [3.05, 3.63) is 40.3 Å². The first kappa shape index (κ1) is 12.8. The topological polar surface area (TPSA) is 41.6 Å². The highest BCUT2D eigenvalue weighted by atomic mass is 32.1. The molecule has 1 N–H and O–H groups in total. The van der Waals surface area contributed by atoms with E-state index in [1.54, 1.807) is 12.3 Å². The first-order valence-electron chi connectivity index (χ1n) is 5.71. The molecule has 0 unspecified atom stereocenters. The van der Waals surface area contributed by atoms with E-state index in [1.807, 2.05) is 20.8 Å². The van der Waals surface area contributed by atoms with E-state index in [9.17, 15) is 4.39 Å². The van der Waals surface area contributed by atoms with E-state index in [0.29, 0.717) is 15.9 Å². The smallest absolute Gasteiger partial charge is 0.150 e. The second-order valence-corrected chi connectivity index (χ2v) is 4.82. The molecule has 0 aliphatic carbocycles. The normalized spacial score (nSPS) is 10.9. The molecule has 0 atom stereocenters. The Morgan fingerprint density at radius 2 is 2.11 bits per heavy atom. The van der Waals surface area contributed by atoms with Gasteiger partial charge in [-0.25, -0.2) is 9.37 Å². The molecule has 0 amide bonds. The van der Waals surface area contributed by atoms with Gasteiger partial charge in [0.1, 0.15) is 10.5 Å². The van der Waals surface area contributed by atoms with Crippen LogP contribution in [-0.4, -0.2) is 15.0 Å². The number of hydrogen-bond donors (Lipinski definition) is 1. The number of nitrogens with zero attached hydrogens (tertiary/aromatic N) is 2. The highest BCUT2D eigenvalue weighted by molar-refractivity contribution is 7.71. The van der Waals surface area contributed by atoms with Gasteiger partial charge in [-0.15, -0.1) is 0 Å². The molecule has 3 nitrogen and oxygen atoms in total. The summed E-state index contributed by atoms with van der Waals surface area (Å²) in [6, 6.07) is 1.63. The van der Waals surface area contributed by atoms with Crippen LogP contribution in [-0.2, 0) is 0 Å². The van der Waals surface area contributed by atoms with Crippen LogP contribution >= 0.6 is 12.2 Å². The Hall–Kier alpha value is -1.62.